The number of unbranched alkanes of at least 4 members (excludes halogenated alkanes) is 1. The van der Waals surface area contributed by atoms with Crippen LogP contribution in [0.25, 0.3) is 34.4 Å². The maximum atomic E-state index is 13.4. The van der Waals surface area contributed by atoms with Gasteiger partial charge in [0.25, 0.3) is 0 Å². The van der Waals surface area contributed by atoms with Crippen molar-refractivity contribution in [3.05, 3.63) is 205 Å². The van der Waals surface area contributed by atoms with Crippen LogP contribution in [0.4, 0.5) is 11.4 Å². The number of nitrogens with zero attached hydrogens (tertiary/aromatic N) is 4. The molecule has 0 saturated carbocycles. The number of hydrogen-bond donors (Lipinski definition) is 2. The maximum absolute atomic E-state index is 13.4. The molecule has 2 aromatic heterocycles. The Morgan fingerprint density at radius 1 is 0.569 bits per heavy atom. The minimum Gasteiger partial charge on any atom is -0.497 e. The Kier molecular flexibility index (Phi) is 17.7. The summed E-state index contributed by atoms with van der Waals surface area (Å²) in [5.41, 5.74) is 8.95. The highest BCUT2D eigenvalue weighted by molar-refractivity contribution is 7.84. The largest absolute Gasteiger partial charge is 0.497 e. The van der Waals surface area contributed by atoms with E-state index in [-0.39, 0.29) is 11.8 Å². The van der Waals surface area contributed by atoms with Crippen molar-refractivity contribution in [2.45, 2.75) is 60.6 Å². The molecule has 2 amide bonds. The number of aryl methyl sites for hydroxylation is 2. The smallest absolute Gasteiger partial charge is 0.248 e. The number of amides is 2. The van der Waals surface area contributed by atoms with E-state index in [1.54, 1.807) is 92.8 Å². The average molecular weight is 997 g/mol. The fourth-order valence-corrected chi connectivity index (χ4v) is 10.1. The van der Waals surface area contributed by atoms with Crippen LogP contribution in [0.1, 0.15) is 48.7 Å². The van der Waals surface area contributed by atoms with Gasteiger partial charge < -0.3 is 29.2 Å². The van der Waals surface area contributed by atoms with Crippen molar-refractivity contribution in [2.75, 3.05) is 24.4 Å². The lowest BCUT2D eigenvalue weighted by Crippen LogP contribution is -2.08. The number of nitrogens with one attached hydrogen (secondary N) is 2. The monoisotopic (exact) mass is 996 g/mol. The number of methoxy groups -OCH3 is 1. The third-order valence-corrected chi connectivity index (χ3v) is 14.4. The Hall–Kier alpha value is -7.94. The van der Waals surface area contributed by atoms with E-state index < -0.39 is 21.6 Å². The summed E-state index contributed by atoms with van der Waals surface area (Å²) in [6.07, 6.45) is 16.3. The lowest BCUT2D eigenvalue weighted by Gasteiger charge is -2.10. The molecule has 12 nitrogen and oxygen atoms in total. The van der Waals surface area contributed by atoms with Crippen LogP contribution < -0.4 is 20.1 Å². The number of imidazole rings is 2. The van der Waals surface area contributed by atoms with E-state index >= 15 is 0 Å². The van der Waals surface area contributed by atoms with Crippen molar-refractivity contribution in [3.63, 3.8) is 0 Å². The molecule has 0 aliphatic rings. The first-order valence-electron chi connectivity index (χ1n) is 23.7. The van der Waals surface area contributed by atoms with Gasteiger partial charge in [0.05, 0.1) is 70.9 Å². The molecule has 14 heteroatoms. The van der Waals surface area contributed by atoms with E-state index in [0.717, 1.165) is 88.6 Å². The zero-order chi connectivity index (χ0) is 50.1. The van der Waals surface area contributed by atoms with Crippen LogP contribution in [0.5, 0.6) is 11.5 Å². The number of benzene rings is 6. The van der Waals surface area contributed by atoms with Gasteiger partial charge >= 0.3 is 0 Å². The Morgan fingerprint density at radius 3 is 1.51 bits per heavy atom. The van der Waals surface area contributed by atoms with E-state index in [0.29, 0.717) is 39.3 Å². The van der Waals surface area contributed by atoms with Crippen LogP contribution in [0, 0.1) is 0 Å². The number of ether oxygens (including phenoxy) is 2. The number of carbonyl (C=O) groups is 2. The summed E-state index contributed by atoms with van der Waals surface area (Å²) in [6, 6.07) is 45.9. The molecule has 0 spiro atoms. The second-order valence-corrected chi connectivity index (χ2v) is 19.8. The summed E-state index contributed by atoms with van der Waals surface area (Å²) < 4.78 is 41.8. The lowest BCUT2D eigenvalue weighted by atomic mass is 10.0. The second-order valence-electron chi connectivity index (χ2n) is 16.9. The van der Waals surface area contributed by atoms with E-state index in [1.807, 2.05) is 106 Å². The molecule has 8 aromatic rings. The molecule has 0 aliphatic heterocycles. The molecular weight excluding hydrogens is 941 g/mol. The Labute approximate surface area is 425 Å². The molecular formula is C58H56N6O6S2. The SMILES string of the molecule is CCCn1cncc1C[S@@](=O)c1ccc(NC(=O)/C=C/c2cccc(-c3ccc(OCCCCn4cncc4C[S@](=O)c4ccc(NC(=O)/C=C/c5cccc(-c6ccc(OC)cc6)c5)cc4)cc3)c2)cc1. The summed E-state index contributed by atoms with van der Waals surface area (Å²) in [6.45, 7) is 4.20. The molecule has 0 unspecified atom stereocenters. The third-order valence-electron chi connectivity index (χ3n) is 11.7. The maximum Gasteiger partial charge on any atom is 0.248 e. The van der Waals surface area contributed by atoms with Gasteiger partial charge in [-0.05, 0) is 150 Å². The van der Waals surface area contributed by atoms with Crippen LogP contribution in [0.3, 0.4) is 0 Å². The lowest BCUT2D eigenvalue weighted by molar-refractivity contribution is -0.112. The zero-order valence-corrected chi connectivity index (χ0v) is 41.8. The normalized spacial score (nSPS) is 12.2. The fraction of sp³-hybridized carbons (Fsp3) is 0.172. The van der Waals surface area contributed by atoms with Crippen LogP contribution in [-0.2, 0) is 55.8 Å². The highest BCUT2D eigenvalue weighted by Crippen LogP contribution is 2.26. The molecule has 2 N–H and O–H groups in total. The van der Waals surface area contributed by atoms with Crippen LogP contribution >= 0.6 is 0 Å². The molecule has 2 atom stereocenters. The predicted octanol–water partition coefficient (Wildman–Crippen LogP) is 11.6. The van der Waals surface area contributed by atoms with Crippen molar-refractivity contribution in [2.24, 2.45) is 0 Å². The predicted molar refractivity (Wildman–Crippen MR) is 288 cm³/mol. The van der Waals surface area contributed by atoms with Crippen molar-refractivity contribution in [1.29, 1.82) is 0 Å². The standard InChI is InChI=1S/C58H56N6O6S2/c1-3-32-63-41-59-37-51(63)39-71(67)55-26-18-49(19-27-55)61-58(66)31-13-44-9-7-11-48(36-44)46-16-24-54(25-17-46)70-34-5-4-33-64-42-60-38-52(64)40-72(68)56-28-20-50(21-29-56)62-57(65)30-12-43-8-6-10-47(35-43)45-14-22-53(69-2)23-15-45/h6-31,35-38,41-42H,3-5,32-34,39-40H2,1-2H3,(H,61,66)(H,62,65)/b30-12+,31-13+/t71-,72+/m1/s1. The fourth-order valence-electron chi connectivity index (χ4n) is 7.85. The van der Waals surface area contributed by atoms with Gasteiger partial charge in [-0.2, -0.15) is 0 Å². The van der Waals surface area contributed by atoms with E-state index in [2.05, 4.69) is 27.5 Å². The second kappa shape index (κ2) is 25.3. The Morgan fingerprint density at radius 2 is 1.04 bits per heavy atom. The minimum absolute atomic E-state index is 0.264. The molecule has 0 saturated heterocycles. The average Bonchev–Trinajstić information content (AvgIpc) is 4.06. The summed E-state index contributed by atoms with van der Waals surface area (Å²) >= 11 is 0. The quantitative estimate of drug-likeness (QED) is 0.0476. The van der Waals surface area contributed by atoms with Crippen molar-refractivity contribution >= 4 is 56.9 Å². The minimum atomic E-state index is -1.31. The molecule has 0 bridgehead atoms. The van der Waals surface area contributed by atoms with Crippen molar-refractivity contribution < 1.29 is 27.5 Å². The molecule has 8 rings (SSSR count). The summed E-state index contributed by atoms with van der Waals surface area (Å²) in [5.74, 6) is 1.74. The van der Waals surface area contributed by atoms with Crippen LogP contribution in [-0.4, -0.2) is 53.1 Å². The van der Waals surface area contributed by atoms with Crippen LogP contribution in [0.2, 0.25) is 0 Å². The van der Waals surface area contributed by atoms with E-state index in [9.17, 15) is 18.0 Å². The van der Waals surface area contributed by atoms with Crippen molar-refractivity contribution in [1.82, 2.24) is 19.1 Å². The summed E-state index contributed by atoms with van der Waals surface area (Å²) in [5, 5.41) is 5.77. The first-order valence-corrected chi connectivity index (χ1v) is 26.3. The molecule has 0 aliphatic carbocycles. The van der Waals surface area contributed by atoms with Crippen molar-refractivity contribution in [3.8, 4) is 33.8 Å². The molecule has 0 fully saturated rings. The molecule has 72 heavy (non-hydrogen) atoms. The van der Waals surface area contributed by atoms with E-state index in [4.69, 9.17) is 9.47 Å². The Bertz CT molecular complexity index is 3180. The number of carbonyl (C=O) groups excluding carboxylic acids is 2. The van der Waals surface area contributed by atoms with Gasteiger partial charge in [-0.15, -0.1) is 0 Å². The number of aromatic nitrogens is 4. The summed E-state index contributed by atoms with van der Waals surface area (Å²) in [4.78, 5) is 35.4. The molecule has 2 heterocycles. The number of hydrogen-bond acceptors (Lipinski definition) is 8. The van der Waals surface area contributed by atoms with Gasteiger partial charge in [0.15, 0.2) is 0 Å². The van der Waals surface area contributed by atoms with Gasteiger partial charge in [-0.1, -0.05) is 67.6 Å². The van der Waals surface area contributed by atoms with Gasteiger partial charge in [-0.25, -0.2) is 9.97 Å². The first-order chi connectivity index (χ1) is 35.2. The third kappa shape index (κ3) is 14.3. The Balaban J connectivity index is 0.736. The first kappa shape index (κ1) is 50.4. The summed E-state index contributed by atoms with van der Waals surface area (Å²) in [7, 11) is -0.897. The molecule has 0 radical (unpaired) electrons. The number of rotatable bonds is 23. The molecule has 6 aromatic carbocycles. The van der Waals surface area contributed by atoms with Gasteiger partial charge in [0, 0.05) is 58.8 Å². The zero-order valence-electron chi connectivity index (χ0n) is 40.2. The van der Waals surface area contributed by atoms with Crippen LogP contribution in [0.15, 0.2) is 193 Å². The number of anilines is 2. The highest BCUT2D eigenvalue weighted by Gasteiger charge is 2.12. The highest BCUT2D eigenvalue weighted by atomic mass is 32.2. The van der Waals surface area contributed by atoms with Gasteiger partial charge in [-0.3, -0.25) is 18.0 Å². The van der Waals surface area contributed by atoms with Gasteiger partial charge in [0.1, 0.15) is 11.5 Å². The molecule has 366 valence electrons. The van der Waals surface area contributed by atoms with E-state index in [1.165, 1.54) is 12.2 Å². The topological polar surface area (TPSA) is 146 Å². The van der Waals surface area contributed by atoms with Gasteiger partial charge in [0.2, 0.25) is 11.8 Å².